The molecule has 0 fully saturated rings. The first-order valence-electron chi connectivity index (χ1n) is 5.25. The van der Waals surface area contributed by atoms with Crippen LogP contribution in [0.4, 0.5) is 5.69 Å². The molecule has 0 radical (unpaired) electrons. The summed E-state index contributed by atoms with van der Waals surface area (Å²) in [4.78, 5) is 3.82. The SMILES string of the molecule is N#Cc1ccc(Br)cc1NS(=O)(=O)c1cncc(Br)c1. The number of hydrogen-bond acceptors (Lipinski definition) is 4. The lowest BCUT2D eigenvalue weighted by molar-refractivity contribution is 0.600. The van der Waals surface area contributed by atoms with E-state index in [1.165, 1.54) is 30.6 Å². The molecule has 8 heteroatoms. The van der Waals surface area contributed by atoms with Crippen molar-refractivity contribution in [3.8, 4) is 6.07 Å². The molecule has 1 N–H and O–H groups in total. The number of halogens is 2. The van der Waals surface area contributed by atoms with Gasteiger partial charge in [0, 0.05) is 21.3 Å². The third-order valence-electron chi connectivity index (χ3n) is 2.34. The molecule has 5 nitrogen and oxygen atoms in total. The molecule has 0 saturated carbocycles. The molecule has 0 aliphatic heterocycles. The first kappa shape index (κ1) is 15.0. The van der Waals surface area contributed by atoms with Gasteiger partial charge in [-0.15, -0.1) is 0 Å². The molecule has 1 heterocycles. The smallest absolute Gasteiger partial charge is 0.263 e. The van der Waals surface area contributed by atoms with Gasteiger partial charge in [0.2, 0.25) is 0 Å². The molecule has 0 saturated heterocycles. The van der Waals surface area contributed by atoms with Crippen LogP contribution in [0.5, 0.6) is 0 Å². The molecular formula is C12H7Br2N3O2S. The number of hydrogen-bond donors (Lipinski definition) is 1. The summed E-state index contributed by atoms with van der Waals surface area (Å²) in [6.07, 6.45) is 2.72. The number of nitriles is 1. The Labute approximate surface area is 133 Å². The molecule has 0 amide bonds. The fraction of sp³-hybridized carbons (Fsp3) is 0. The van der Waals surface area contributed by atoms with Gasteiger partial charge in [0.1, 0.15) is 11.0 Å². The molecule has 1 aromatic heterocycles. The minimum Gasteiger partial charge on any atom is -0.278 e. The van der Waals surface area contributed by atoms with E-state index in [0.717, 1.165) is 0 Å². The van der Waals surface area contributed by atoms with Crippen molar-refractivity contribution in [2.24, 2.45) is 0 Å². The summed E-state index contributed by atoms with van der Waals surface area (Å²) in [5, 5.41) is 9.00. The third kappa shape index (κ3) is 3.36. The molecule has 102 valence electrons. The van der Waals surface area contributed by atoms with Gasteiger partial charge in [-0.2, -0.15) is 5.26 Å². The Hall–Kier alpha value is -1.43. The Bertz CT molecular complexity index is 801. The molecule has 2 aromatic rings. The van der Waals surface area contributed by atoms with Crippen LogP contribution in [0.3, 0.4) is 0 Å². The molecule has 0 atom stereocenters. The number of nitrogens with zero attached hydrogens (tertiary/aromatic N) is 2. The van der Waals surface area contributed by atoms with Crippen molar-refractivity contribution in [3.05, 3.63) is 51.2 Å². The highest BCUT2D eigenvalue weighted by Gasteiger charge is 2.17. The summed E-state index contributed by atoms with van der Waals surface area (Å²) < 4.78 is 28.1. The van der Waals surface area contributed by atoms with Crippen LogP contribution in [0.2, 0.25) is 0 Å². The summed E-state index contributed by atoms with van der Waals surface area (Å²) in [6.45, 7) is 0. The molecule has 0 unspecified atom stereocenters. The highest BCUT2D eigenvalue weighted by atomic mass is 79.9. The van der Waals surface area contributed by atoms with E-state index in [9.17, 15) is 8.42 Å². The fourth-order valence-electron chi connectivity index (χ4n) is 1.44. The van der Waals surface area contributed by atoms with Crippen LogP contribution in [-0.4, -0.2) is 13.4 Å². The van der Waals surface area contributed by atoms with Gasteiger partial charge in [0.05, 0.1) is 11.3 Å². The summed E-state index contributed by atoms with van der Waals surface area (Å²) in [7, 11) is -3.80. The standard InChI is InChI=1S/C12H7Br2N3O2S/c13-9-2-1-8(5-15)12(4-9)17-20(18,19)11-3-10(14)6-16-7-11/h1-4,6-7,17H. The van der Waals surface area contributed by atoms with Gasteiger partial charge in [-0.3, -0.25) is 9.71 Å². The zero-order valence-corrected chi connectivity index (χ0v) is 13.8. The van der Waals surface area contributed by atoms with Gasteiger partial charge in [-0.05, 0) is 40.2 Å². The second-order valence-corrected chi connectivity index (χ2v) is 7.26. The fourth-order valence-corrected chi connectivity index (χ4v) is 3.38. The van der Waals surface area contributed by atoms with Crippen LogP contribution in [0.15, 0.2) is 50.5 Å². The van der Waals surface area contributed by atoms with Crippen molar-refractivity contribution in [2.45, 2.75) is 4.90 Å². The van der Waals surface area contributed by atoms with Crippen LogP contribution in [-0.2, 0) is 10.0 Å². The third-order valence-corrected chi connectivity index (χ3v) is 4.60. The summed E-state index contributed by atoms with van der Waals surface area (Å²) in [6, 6.07) is 8.09. The zero-order valence-electron chi connectivity index (χ0n) is 9.84. The van der Waals surface area contributed by atoms with E-state index in [-0.39, 0.29) is 16.1 Å². The maximum Gasteiger partial charge on any atom is 0.263 e. The topological polar surface area (TPSA) is 82.9 Å². The predicted molar refractivity (Wildman–Crippen MR) is 81.6 cm³/mol. The zero-order chi connectivity index (χ0) is 14.8. The van der Waals surface area contributed by atoms with Gasteiger partial charge < -0.3 is 0 Å². The largest absolute Gasteiger partial charge is 0.278 e. The molecule has 0 spiro atoms. The number of pyridine rings is 1. The lowest BCUT2D eigenvalue weighted by Crippen LogP contribution is -2.14. The summed E-state index contributed by atoms with van der Waals surface area (Å²) >= 11 is 6.40. The molecular weight excluding hydrogens is 410 g/mol. The highest BCUT2D eigenvalue weighted by molar-refractivity contribution is 9.10. The maximum atomic E-state index is 12.2. The second-order valence-electron chi connectivity index (χ2n) is 3.75. The van der Waals surface area contributed by atoms with E-state index in [4.69, 9.17) is 5.26 Å². The van der Waals surface area contributed by atoms with E-state index in [1.807, 2.05) is 6.07 Å². The number of sulfonamides is 1. The lowest BCUT2D eigenvalue weighted by Gasteiger charge is -2.09. The van der Waals surface area contributed by atoms with E-state index >= 15 is 0 Å². The van der Waals surface area contributed by atoms with Crippen molar-refractivity contribution >= 4 is 47.6 Å². The maximum absolute atomic E-state index is 12.2. The Kier molecular flexibility index (Phi) is 4.42. The Balaban J connectivity index is 2.44. The average Bonchev–Trinajstić information content (AvgIpc) is 2.38. The molecule has 2 rings (SSSR count). The summed E-state index contributed by atoms with van der Waals surface area (Å²) in [5.41, 5.74) is 0.446. The van der Waals surface area contributed by atoms with E-state index < -0.39 is 10.0 Å². The van der Waals surface area contributed by atoms with E-state index in [2.05, 4.69) is 41.6 Å². The molecule has 0 aliphatic rings. The molecule has 20 heavy (non-hydrogen) atoms. The Morgan fingerprint density at radius 3 is 2.55 bits per heavy atom. The first-order valence-corrected chi connectivity index (χ1v) is 8.32. The van der Waals surface area contributed by atoms with Gasteiger partial charge in [-0.25, -0.2) is 8.42 Å². The van der Waals surface area contributed by atoms with Gasteiger partial charge in [0.25, 0.3) is 10.0 Å². The minimum atomic E-state index is -3.80. The number of rotatable bonds is 3. The van der Waals surface area contributed by atoms with Crippen LogP contribution >= 0.6 is 31.9 Å². The highest BCUT2D eigenvalue weighted by Crippen LogP contribution is 2.24. The molecule has 0 aliphatic carbocycles. The van der Waals surface area contributed by atoms with Crippen LogP contribution in [0, 0.1) is 11.3 Å². The van der Waals surface area contributed by atoms with Crippen molar-refractivity contribution in [2.75, 3.05) is 4.72 Å². The van der Waals surface area contributed by atoms with Crippen molar-refractivity contribution < 1.29 is 8.42 Å². The van der Waals surface area contributed by atoms with Gasteiger partial charge >= 0.3 is 0 Å². The first-order chi connectivity index (χ1) is 9.42. The summed E-state index contributed by atoms with van der Waals surface area (Å²) in [5.74, 6) is 0. The van der Waals surface area contributed by atoms with Crippen molar-refractivity contribution in [1.82, 2.24) is 4.98 Å². The van der Waals surface area contributed by atoms with Crippen molar-refractivity contribution in [1.29, 1.82) is 5.26 Å². The number of nitrogens with one attached hydrogen (secondary N) is 1. The van der Waals surface area contributed by atoms with Crippen LogP contribution in [0.1, 0.15) is 5.56 Å². The number of aromatic nitrogens is 1. The molecule has 1 aromatic carbocycles. The molecule has 0 bridgehead atoms. The average molecular weight is 417 g/mol. The quantitative estimate of drug-likeness (QED) is 0.832. The van der Waals surface area contributed by atoms with Crippen molar-refractivity contribution in [3.63, 3.8) is 0 Å². The van der Waals surface area contributed by atoms with Crippen LogP contribution < -0.4 is 4.72 Å². The lowest BCUT2D eigenvalue weighted by atomic mass is 10.2. The normalized spacial score (nSPS) is 10.8. The van der Waals surface area contributed by atoms with Gasteiger partial charge in [-0.1, -0.05) is 15.9 Å². The second kappa shape index (κ2) is 5.91. The Morgan fingerprint density at radius 2 is 1.90 bits per heavy atom. The number of anilines is 1. The predicted octanol–water partition coefficient (Wildman–Crippen LogP) is 3.28. The van der Waals surface area contributed by atoms with Gasteiger partial charge in [0.15, 0.2) is 0 Å². The minimum absolute atomic E-state index is 0.00994. The van der Waals surface area contributed by atoms with Crippen LogP contribution in [0.25, 0.3) is 0 Å². The van der Waals surface area contributed by atoms with E-state index in [0.29, 0.717) is 8.95 Å². The number of benzene rings is 1. The monoisotopic (exact) mass is 415 g/mol. The van der Waals surface area contributed by atoms with E-state index in [1.54, 1.807) is 6.07 Å². The Morgan fingerprint density at radius 1 is 1.15 bits per heavy atom.